The molecule has 0 aliphatic heterocycles. The Morgan fingerprint density at radius 3 is 2.77 bits per heavy atom. The van der Waals surface area contributed by atoms with Crippen molar-refractivity contribution in [3.63, 3.8) is 0 Å². The first-order valence-corrected chi connectivity index (χ1v) is 11.1. The van der Waals surface area contributed by atoms with E-state index in [1.165, 1.54) is 11.8 Å². The molecule has 4 aromatic rings. The number of hydrogen-bond acceptors (Lipinski definition) is 6. The largest absolute Gasteiger partial charge is 0.345 e. The predicted octanol–water partition coefficient (Wildman–Crippen LogP) is 3.76. The maximum absolute atomic E-state index is 12.8. The molecule has 2 aromatic carbocycles. The molecule has 2 aromatic heterocycles. The van der Waals surface area contributed by atoms with Crippen molar-refractivity contribution in [3.8, 4) is 5.69 Å². The van der Waals surface area contributed by atoms with E-state index in [1.54, 1.807) is 4.68 Å². The van der Waals surface area contributed by atoms with Crippen molar-refractivity contribution in [1.29, 1.82) is 0 Å². The molecule has 1 atom stereocenters. The van der Waals surface area contributed by atoms with Crippen LogP contribution < -0.4 is 5.32 Å². The summed E-state index contributed by atoms with van der Waals surface area (Å²) in [5.74, 6) is 1.04. The van der Waals surface area contributed by atoms with Crippen LogP contribution in [0.15, 0.2) is 47.6 Å². The zero-order valence-electron chi connectivity index (χ0n) is 18.0. The van der Waals surface area contributed by atoms with Crippen molar-refractivity contribution in [3.05, 3.63) is 59.4 Å². The van der Waals surface area contributed by atoms with Crippen molar-refractivity contribution in [2.75, 3.05) is 5.75 Å². The number of H-pyrrole nitrogens is 1. The Bertz CT molecular complexity index is 1180. The number of hydrogen-bond donors (Lipinski definition) is 2. The molecular weight excluding hydrogens is 410 g/mol. The van der Waals surface area contributed by atoms with Crippen LogP contribution in [0.25, 0.3) is 16.7 Å². The van der Waals surface area contributed by atoms with Gasteiger partial charge in [-0.2, -0.15) is 4.68 Å². The summed E-state index contributed by atoms with van der Waals surface area (Å²) in [6.45, 7) is 8.16. The fourth-order valence-corrected chi connectivity index (χ4v) is 4.08. The molecule has 0 unspecified atom stereocenters. The van der Waals surface area contributed by atoms with Gasteiger partial charge in [0.25, 0.3) is 0 Å². The second-order valence-corrected chi connectivity index (χ2v) is 8.82. The van der Waals surface area contributed by atoms with E-state index >= 15 is 0 Å². The van der Waals surface area contributed by atoms with Gasteiger partial charge in [-0.15, -0.1) is 5.10 Å². The maximum atomic E-state index is 12.8. The summed E-state index contributed by atoms with van der Waals surface area (Å²) < 4.78 is 1.68. The standard InChI is InChI=1S/C22H25N7OS/c1-13(2)20(21-23-16-7-5-6-8-17(16)24-21)25-19(30)12-31-22-26-27-28-29(22)18-11-14(3)9-10-15(18)4/h5-11,13,20H,12H2,1-4H3,(H,23,24)(H,25,30)/t20-/m1/s1. The highest BCUT2D eigenvalue weighted by atomic mass is 32.2. The van der Waals surface area contributed by atoms with Gasteiger partial charge >= 0.3 is 0 Å². The van der Waals surface area contributed by atoms with Crippen molar-refractivity contribution >= 4 is 28.7 Å². The Morgan fingerprint density at radius 2 is 2.00 bits per heavy atom. The topological polar surface area (TPSA) is 101 Å². The minimum Gasteiger partial charge on any atom is -0.345 e. The minimum absolute atomic E-state index is 0.0975. The Morgan fingerprint density at radius 1 is 1.19 bits per heavy atom. The SMILES string of the molecule is Cc1ccc(C)c(-n2nnnc2SCC(=O)N[C@@H](c2nc3ccccc3[nH]2)C(C)C)c1. The molecule has 9 heteroatoms. The summed E-state index contributed by atoms with van der Waals surface area (Å²) >= 11 is 1.31. The van der Waals surface area contributed by atoms with Crippen molar-refractivity contribution in [1.82, 2.24) is 35.5 Å². The lowest BCUT2D eigenvalue weighted by atomic mass is 10.0. The molecule has 2 N–H and O–H groups in total. The summed E-state index contributed by atoms with van der Waals surface area (Å²) in [4.78, 5) is 20.7. The van der Waals surface area contributed by atoms with Crippen LogP contribution >= 0.6 is 11.8 Å². The number of nitrogens with one attached hydrogen (secondary N) is 2. The highest BCUT2D eigenvalue weighted by Crippen LogP contribution is 2.24. The number of fused-ring (bicyclic) bond motifs is 1. The van der Waals surface area contributed by atoms with Crippen molar-refractivity contribution in [2.24, 2.45) is 5.92 Å². The molecule has 0 bridgehead atoms. The first kappa shape index (κ1) is 21.0. The molecule has 0 spiro atoms. The average molecular weight is 436 g/mol. The molecule has 0 saturated carbocycles. The smallest absolute Gasteiger partial charge is 0.231 e. The summed E-state index contributed by atoms with van der Waals surface area (Å²) in [6.07, 6.45) is 0. The van der Waals surface area contributed by atoms with Gasteiger partial charge in [0, 0.05) is 0 Å². The zero-order valence-corrected chi connectivity index (χ0v) is 18.8. The Hall–Kier alpha value is -3.20. The third-order valence-corrected chi connectivity index (χ3v) is 5.97. The molecular formula is C22H25N7OS. The Kier molecular flexibility index (Phi) is 6.03. The van der Waals surface area contributed by atoms with Gasteiger partial charge in [-0.05, 0) is 59.5 Å². The van der Waals surface area contributed by atoms with Gasteiger partial charge in [0.05, 0.1) is 28.5 Å². The summed E-state index contributed by atoms with van der Waals surface area (Å²) in [5, 5.41) is 15.7. The van der Waals surface area contributed by atoms with Gasteiger partial charge in [-0.25, -0.2) is 4.98 Å². The molecule has 0 fully saturated rings. The monoisotopic (exact) mass is 435 g/mol. The number of thioether (sulfide) groups is 1. The summed E-state index contributed by atoms with van der Waals surface area (Å²) in [5.41, 5.74) is 4.94. The van der Waals surface area contributed by atoms with Gasteiger partial charge in [0.15, 0.2) is 0 Å². The van der Waals surface area contributed by atoms with Crippen molar-refractivity contribution < 1.29 is 4.79 Å². The molecule has 4 rings (SSSR count). The second-order valence-electron chi connectivity index (χ2n) is 7.88. The quantitative estimate of drug-likeness (QED) is 0.429. The number of rotatable bonds is 7. The lowest BCUT2D eigenvalue weighted by Crippen LogP contribution is -2.33. The van der Waals surface area contributed by atoms with Crippen LogP contribution in [0.3, 0.4) is 0 Å². The molecule has 31 heavy (non-hydrogen) atoms. The molecule has 2 heterocycles. The molecule has 1 amide bonds. The first-order chi connectivity index (χ1) is 14.9. The van der Waals surface area contributed by atoms with E-state index < -0.39 is 0 Å². The van der Waals surface area contributed by atoms with Crippen LogP contribution in [0, 0.1) is 19.8 Å². The Labute approximate surface area is 184 Å². The van der Waals surface area contributed by atoms with Crippen LogP contribution in [0.1, 0.15) is 36.8 Å². The predicted molar refractivity (Wildman–Crippen MR) is 121 cm³/mol. The van der Waals surface area contributed by atoms with Crippen LogP contribution in [0.5, 0.6) is 0 Å². The third-order valence-electron chi connectivity index (χ3n) is 5.05. The minimum atomic E-state index is -0.212. The van der Waals surface area contributed by atoms with E-state index in [1.807, 2.05) is 56.3 Å². The van der Waals surface area contributed by atoms with E-state index in [2.05, 4.69) is 44.7 Å². The first-order valence-electron chi connectivity index (χ1n) is 10.1. The van der Waals surface area contributed by atoms with E-state index in [-0.39, 0.29) is 23.6 Å². The number of carbonyl (C=O) groups excluding carboxylic acids is 1. The number of tetrazole rings is 1. The number of aryl methyl sites for hydroxylation is 2. The normalized spacial score (nSPS) is 12.4. The van der Waals surface area contributed by atoms with Gasteiger partial charge in [0.1, 0.15) is 5.82 Å². The van der Waals surface area contributed by atoms with Gasteiger partial charge in [-0.1, -0.05) is 49.9 Å². The number of amides is 1. The summed E-state index contributed by atoms with van der Waals surface area (Å²) in [6, 6.07) is 13.8. The number of benzene rings is 2. The maximum Gasteiger partial charge on any atom is 0.231 e. The van der Waals surface area contributed by atoms with E-state index in [4.69, 9.17) is 0 Å². The third kappa shape index (κ3) is 4.61. The van der Waals surface area contributed by atoms with Gasteiger partial charge in [0.2, 0.25) is 11.1 Å². The fourth-order valence-electron chi connectivity index (χ4n) is 3.38. The average Bonchev–Trinajstić information content (AvgIpc) is 3.38. The van der Waals surface area contributed by atoms with E-state index in [0.717, 1.165) is 33.7 Å². The lowest BCUT2D eigenvalue weighted by Gasteiger charge is -2.20. The van der Waals surface area contributed by atoms with Gasteiger partial charge < -0.3 is 10.3 Å². The van der Waals surface area contributed by atoms with Crippen LogP contribution in [-0.2, 0) is 4.79 Å². The Balaban J connectivity index is 1.46. The number of aromatic amines is 1. The number of nitrogens with zero attached hydrogens (tertiary/aromatic N) is 5. The number of imidazole rings is 1. The van der Waals surface area contributed by atoms with Crippen LogP contribution in [0.4, 0.5) is 0 Å². The molecule has 0 saturated heterocycles. The lowest BCUT2D eigenvalue weighted by molar-refractivity contribution is -0.119. The van der Waals surface area contributed by atoms with Gasteiger partial charge in [-0.3, -0.25) is 4.79 Å². The van der Waals surface area contributed by atoms with Crippen molar-refractivity contribution in [2.45, 2.75) is 38.9 Å². The second kappa shape index (κ2) is 8.89. The molecule has 0 aliphatic carbocycles. The molecule has 0 aliphatic rings. The highest BCUT2D eigenvalue weighted by Gasteiger charge is 2.22. The highest BCUT2D eigenvalue weighted by molar-refractivity contribution is 7.99. The molecule has 8 nitrogen and oxygen atoms in total. The van der Waals surface area contributed by atoms with E-state index in [0.29, 0.717) is 5.16 Å². The molecule has 160 valence electrons. The number of carbonyl (C=O) groups is 1. The number of para-hydroxylation sites is 2. The number of aromatic nitrogens is 6. The fraction of sp³-hybridized carbons (Fsp3) is 0.318. The summed E-state index contributed by atoms with van der Waals surface area (Å²) in [7, 11) is 0. The van der Waals surface area contributed by atoms with Crippen LogP contribution in [0.2, 0.25) is 0 Å². The zero-order chi connectivity index (χ0) is 22.0. The molecule has 0 radical (unpaired) electrons. The van der Waals surface area contributed by atoms with E-state index in [9.17, 15) is 4.79 Å². The van der Waals surface area contributed by atoms with Crippen LogP contribution in [-0.4, -0.2) is 41.8 Å².